The first-order valence-electron chi connectivity index (χ1n) is 7.51. The highest BCUT2D eigenvalue weighted by molar-refractivity contribution is 5.92. The van der Waals surface area contributed by atoms with Crippen molar-refractivity contribution in [2.24, 2.45) is 0 Å². The second-order valence-corrected chi connectivity index (χ2v) is 4.76. The topological polar surface area (TPSA) is 54.0 Å². The number of carbonyl (C=O) groups excluding carboxylic acids is 1. The van der Waals surface area contributed by atoms with E-state index in [9.17, 15) is 4.79 Å². The van der Waals surface area contributed by atoms with Gasteiger partial charge in [-0.05, 0) is 42.8 Å². The lowest BCUT2D eigenvalue weighted by Crippen LogP contribution is -2.13. The SMILES string of the molecule is CCOC(=O)C(=Cc1ccc(OC)cc1)Oc1ccccc1OC. The van der Waals surface area contributed by atoms with Crippen molar-refractivity contribution in [1.82, 2.24) is 0 Å². The molecule has 5 heteroatoms. The first-order valence-corrected chi connectivity index (χ1v) is 7.51. The summed E-state index contributed by atoms with van der Waals surface area (Å²) in [6.45, 7) is 2.00. The molecule has 0 bridgehead atoms. The Labute approximate surface area is 141 Å². The highest BCUT2D eigenvalue weighted by atomic mass is 16.6. The highest BCUT2D eigenvalue weighted by Gasteiger charge is 2.16. The van der Waals surface area contributed by atoms with Crippen LogP contribution in [-0.4, -0.2) is 26.8 Å². The van der Waals surface area contributed by atoms with Crippen LogP contribution in [0.2, 0.25) is 0 Å². The van der Waals surface area contributed by atoms with Gasteiger partial charge in [-0.2, -0.15) is 0 Å². The Kier molecular flexibility index (Phi) is 6.25. The Morgan fingerprint density at radius 2 is 1.62 bits per heavy atom. The molecule has 126 valence electrons. The lowest BCUT2D eigenvalue weighted by atomic mass is 10.2. The van der Waals surface area contributed by atoms with Gasteiger partial charge in [0.15, 0.2) is 11.5 Å². The summed E-state index contributed by atoms with van der Waals surface area (Å²) >= 11 is 0. The van der Waals surface area contributed by atoms with Gasteiger partial charge >= 0.3 is 5.97 Å². The number of benzene rings is 2. The molecule has 0 amide bonds. The van der Waals surface area contributed by atoms with Crippen LogP contribution in [0, 0.1) is 0 Å². The zero-order valence-corrected chi connectivity index (χ0v) is 13.9. The van der Waals surface area contributed by atoms with E-state index in [4.69, 9.17) is 18.9 Å². The van der Waals surface area contributed by atoms with Crippen LogP contribution in [0.15, 0.2) is 54.3 Å². The van der Waals surface area contributed by atoms with Crippen LogP contribution in [0.3, 0.4) is 0 Å². The molecule has 0 aliphatic rings. The van der Waals surface area contributed by atoms with Crippen LogP contribution in [0.25, 0.3) is 6.08 Å². The van der Waals surface area contributed by atoms with Crippen molar-refractivity contribution in [3.63, 3.8) is 0 Å². The molecule has 0 aromatic heterocycles. The van der Waals surface area contributed by atoms with Crippen molar-refractivity contribution in [3.8, 4) is 17.2 Å². The summed E-state index contributed by atoms with van der Waals surface area (Å²) in [6.07, 6.45) is 1.61. The molecular weight excluding hydrogens is 308 g/mol. The number of hydrogen-bond acceptors (Lipinski definition) is 5. The van der Waals surface area contributed by atoms with Gasteiger partial charge in [-0.25, -0.2) is 4.79 Å². The van der Waals surface area contributed by atoms with Crippen molar-refractivity contribution in [3.05, 3.63) is 59.9 Å². The molecule has 0 atom stereocenters. The summed E-state index contributed by atoms with van der Waals surface area (Å²) in [4.78, 5) is 12.2. The van der Waals surface area contributed by atoms with Gasteiger partial charge in [0.05, 0.1) is 20.8 Å². The average Bonchev–Trinajstić information content (AvgIpc) is 2.62. The van der Waals surface area contributed by atoms with E-state index in [0.717, 1.165) is 11.3 Å². The summed E-state index contributed by atoms with van der Waals surface area (Å²) < 4.78 is 21.2. The quantitative estimate of drug-likeness (QED) is 0.441. The van der Waals surface area contributed by atoms with E-state index in [1.807, 2.05) is 18.2 Å². The van der Waals surface area contributed by atoms with Gasteiger partial charge in [0.2, 0.25) is 5.76 Å². The molecule has 0 spiro atoms. The van der Waals surface area contributed by atoms with Crippen molar-refractivity contribution >= 4 is 12.0 Å². The van der Waals surface area contributed by atoms with E-state index < -0.39 is 5.97 Å². The first kappa shape index (κ1) is 17.4. The highest BCUT2D eigenvalue weighted by Crippen LogP contribution is 2.28. The van der Waals surface area contributed by atoms with Crippen molar-refractivity contribution in [1.29, 1.82) is 0 Å². The average molecular weight is 328 g/mol. The fraction of sp³-hybridized carbons (Fsp3) is 0.211. The van der Waals surface area contributed by atoms with E-state index in [2.05, 4.69) is 0 Å². The molecular formula is C19H20O5. The van der Waals surface area contributed by atoms with E-state index in [-0.39, 0.29) is 12.4 Å². The van der Waals surface area contributed by atoms with Crippen molar-refractivity contribution < 1.29 is 23.7 Å². The Balaban J connectivity index is 2.33. The molecule has 0 saturated heterocycles. The summed E-state index contributed by atoms with van der Waals surface area (Å²) in [5.41, 5.74) is 0.786. The maximum absolute atomic E-state index is 12.2. The molecule has 0 unspecified atom stereocenters. The minimum atomic E-state index is -0.542. The Bertz CT molecular complexity index is 704. The van der Waals surface area contributed by atoms with Gasteiger partial charge in [0, 0.05) is 0 Å². The predicted molar refractivity (Wildman–Crippen MR) is 91.2 cm³/mol. The molecule has 24 heavy (non-hydrogen) atoms. The molecule has 0 N–H and O–H groups in total. The van der Waals surface area contributed by atoms with Gasteiger partial charge in [0.1, 0.15) is 5.75 Å². The summed E-state index contributed by atoms with van der Waals surface area (Å²) in [7, 11) is 3.14. The molecule has 0 fully saturated rings. The number of methoxy groups -OCH3 is 2. The van der Waals surface area contributed by atoms with Crippen molar-refractivity contribution in [2.75, 3.05) is 20.8 Å². The summed E-state index contributed by atoms with van der Waals surface area (Å²) in [6, 6.07) is 14.4. The zero-order chi connectivity index (χ0) is 17.4. The minimum absolute atomic E-state index is 0.0755. The molecule has 0 aliphatic carbocycles. The maximum Gasteiger partial charge on any atom is 0.374 e. The smallest absolute Gasteiger partial charge is 0.374 e. The fourth-order valence-electron chi connectivity index (χ4n) is 2.01. The molecule has 5 nitrogen and oxygen atoms in total. The predicted octanol–water partition coefficient (Wildman–Crippen LogP) is 3.69. The number of esters is 1. The third kappa shape index (κ3) is 4.52. The number of rotatable bonds is 7. The summed E-state index contributed by atoms with van der Waals surface area (Å²) in [5, 5.41) is 0. The largest absolute Gasteiger partial charge is 0.497 e. The third-order valence-electron chi connectivity index (χ3n) is 3.18. The number of para-hydroxylation sites is 2. The van der Waals surface area contributed by atoms with Gasteiger partial charge < -0.3 is 18.9 Å². The standard InChI is InChI=1S/C19H20O5/c1-4-23-19(20)18(13-14-9-11-15(21-2)12-10-14)24-17-8-6-5-7-16(17)22-3/h5-13H,4H2,1-3H3. The Morgan fingerprint density at radius 1 is 0.958 bits per heavy atom. The minimum Gasteiger partial charge on any atom is -0.497 e. The van der Waals surface area contributed by atoms with Crippen LogP contribution in [0.5, 0.6) is 17.2 Å². The van der Waals surface area contributed by atoms with Gasteiger partial charge in [-0.1, -0.05) is 24.3 Å². The molecule has 0 saturated carbocycles. The zero-order valence-electron chi connectivity index (χ0n) is 13.9. The van der Waals surface area contributed by atoms with E-state index in [0.29, 0.717) is 11.5 Å². The molecule has 0 radical (unpaired) electrons. The van der Waals surface area contributed by atoms with Crippen LogP contribution >= 0.6 is 0 Å². The molecule has 0 aliphatic heterocycles. The Morgan fingerprint density at radius 3 is 2.21 bits per heavy atom. The second kappa shape index (κ2) is 8.62. The maximum atomic E-state index is 12.2. The third-order valence-corrected chi connectivity index (χ3v) is 3.18. The van der Waals surface area contributed by atoms with Crippen LogP contribution in [0.4, 0.5) is 0 Å². The first-order chi connectivity index (χ1) is 11.7. The van der Waals surface area contributed by atoms with Gasteiger partial charge in [0.25, 0.3) is 0 Å². The van der Waals surface area contributed by atoms with E-state index in [1.54, 1.807) is 57.6 Å². The van der Waals surface area contributed by atoms with E-state index in [1.165, 1.54) is 0 Å². The molecule has 2 rings (SSSR count). The van der Waals surface area contributed by atoms with Gasteiger partial charge in [-0.15, -0.1) is 0 Å². The van der Waals surface area contributed by atoms with Crippen LogP contribution in [0.1, 0.15) is 12.5 Å². The monoisotopic (exact) mass is 328 g/mol. The van der Waals surface area contributed by atoms with Gasteiger partial charge in [-0.3, -0.25) is 0 Å². The van der Waals surface area contributed by atoms with E-state index >= 15 is 0 Å². The van der Waals surface area contributed by atoms with Crippen LogP contribution in [-0.2, 0) is 9.53 Å². The molecule has 2 aromatic carbocycles. The number of hydrogen-bond donors (Lipinski definition) is 0. The normalized spacial score (nSPS) is 10.9. The summed E-state index contributed by atoms with van der Waals surface area (Å²) in [5.74, 6) is 1.23. The number of ether oxygens (including phenoxy) is 4. The molecule has 0 heterocycles. The second-order valence-electron chi connectivity index (χ2n) is 4.76. The van der Waals surface area contributed by atoms with Crippen molar-refractivity contribution in [2.45, 2.75) is 6.92 Å². The fourth-order valence-corrected chi connectivity index (χ4v) is 2.01. The molecule has 2 aromatic rings. The number of carbonyl (C=O) groups is 1. The Hall–Kier alpha value is -2.95. The lowest BCUT2D eigenvalue weighted by Gasteiger charge is -2.12. The van der Waals surface area contributed by atoms with Crippen LogP contribution < -0.4 is 14.2 Å². The lowest BCUT2D eigenvalue weighted by molar-refractivity contribution is -0.140.